The van der Waals surface area contributed by atoms with E-state index in [1.165, 1.54) is 37.9 Å². The third-order valence-corrected chi connectivity index (χ3v) is 10.9. The van der Waals surface area contributed by atoms with E-state index in [9.17, 15) is 5.26 Å². The highest BCUT2D eigenvalue weighted by atomic mass is 32.2. The molecule has 0 atom stereocenters. The summed E-state index contributed by atoms with van der Waals surface area (Å²) in [6.07, 6.45) is 5.39. The van der Waals surface area contributed by atoms with Crippen molar-refractivity contribution in [2.24, 2.45) is 0 Å². The quantitative estimate of drug-likeness (QED) is 0.190. The predicted molar refractivity (Wildman–Crippen MR) is 199 cm³/mol. The maximum absolute atomic E-state index is 9.44. The van der Waals surface area contributed by atoms with Gasteiger partial charge >= 0.3 is 0 Å². The van der Waals surface area contributed by atoms with Crippen LogP contribution in [0.1, 0.15) is 41.7 Å². The largest absolute Gasteiger partial charge is 0.208 e. The van der Waals surface area contributed by atoms with E-state index < -0.39 is 0 Å². The Bertz CT molecular complexity index is 2530. The number of nitrogens with zero attached hydrogens (tertiary/aromatic N) is 4. The number of benzene rings is 6. The van der Waals surface area contributed by atoms with Crippen LogP contribution in [0.3, 0.4) is 0 Å². The van der Waals surface area contributed by atoms with Crippen LogP contribution in [-0.2, 0) is 11.8 Å². The van der Waals surface area contributed by atoms with Crippen molar-refractivity contribution in [3.63, 3.8) is 0 Å². The molecule has 232 valence electrons. The van der Waals surface area contributed by atoms with Gasteiger partial charge in [0.15, 0.2) is 17.5 Å². The van der Waals surface area contributed by atoms with Crippen LogP contribution in [-0.4, -0.2) is 15.0 Å². The van der Waals surface area contributed by atoms with Gasteiger partial charge in [-0.15, -0.1) is 0 Å². The minimum absolute atomic E-state index is 0.187. The average molecular weight is 647 g/mol. The molecule has 0 spiro atoms. The summed E-state index contributed by atoms with van der Waals surface area (Å²) in [5, 5.41) is 11.9. The Labute approximate surface area is 289 Å². The summed E-state index contributed by atoms with van der Waals surface area (Å²) in [7, 11) is 0. The minimum atomic E-state index is -0.187. The first kappa shape index (κ1) is 29.3. The van der Waals surface area contributed by atoms with Gasteiger partial charge in [0.1, 0.15) is 0 Å². The number of hydrogen-bond acceptors (Lipinski definition) is 5. The molecular weight excluding hydrogens is 617 g/mol. The molecule has 0 fully saturated rings. The van der Waals surface area contributed by atoms with Gasteiger partial charge in [-0.3, -0.25) is 0 Å². The van der Waals surface area contributed by atoms with Gasteiger partial charge in [0.25, 0.3) is 0 Å². The first-order chi connectivity index (χ1) is 23.9. The molecule has 0 unspecified atom stereocenters. The lowest BCUT2D eigenvalue weighted by Crippen LogP contribution is -2.23. The summed E-state index contributed by atoms with van der Waals surface area (Å²) < 4.78 is 0. The van der Waals surface area contributed by atoms with Gasteiger partial charge in [0, 0.05) is 31.9 Å². The Morgan fingerprint density at radius 1 is 0.612 bits per heavy atom. The summed E-state index contributed by atoms with van der Waals surface area (Å²) in [5.74, 6) is 1.95. The van der Waals surface area contributed by atoms with Crippen molar-refractivity contribution in [1.29, 1.82) is 5.26 Å². The molecule has 2 heterocycles. The van der Waals surface area contributed by atoms with Crippen LogP contribution in [0.4, 0.5) is 0 Å². The molecule has 0 saturated carbocycles. The molecule has 0 radical (unpaired) electrons. The third-order valence-electron chi connectivity index (χ3n) is 9.79. The first-order valence-electron chi connectivity index (χ1n) is 16.5. The highest BCUT2D eigenvalue weighted by Crippen LogP contribution is 2.50. The second-order valence-corrected chi connectivity index (χ2v) is 14.3. The second-order valence-electron chi connectivity index (χ2n) is 13.2. The van der Waals surface area contributed by atoms with Crippen LogP contribution in [0.5, 0.6) is 0 Å². The van der Waals surface area contributed by atoms with E-state index in [-0.39, 0.29) is 5.41 Å². The number of nitriles is 1. The maximum atomic E-state index is 9.44. The number of hydrogen-bond donors (Lipinski definition) is 0. The molecule has 0 saturated heterocycles. The number of fused-ring (bicyclic) bond motifs is 2. The molecule has 6 aromatic carbocycles. The molecule has 49 heavy (non-hydrogen) atoms. The van der Waals surface area contributed by atoms with Crippen LogP contribution in [0.15, 0.2) is 137 Å². The highest BCUT2D eigenvalue weighted by Gasteiger charge is 2.33. The molecular formula is C44H30N4S. The Morgan fingerprint density at radius 2 is 1.33 bits per heavy atom. The smallest absolute Gasteiger partial charge is 0.164 e. The molecule has 9 rings (SSSR count). The fourth-order valence-corrected chi connectivity index (χ4v) is 8.61. The molecule has 1 aromatic heterocycles. The van der Waals surface area contributed by atoms with E-state index >= 15 is 0 Å². The lowest BCUT2D eigenvalue weighted by Gasteiger charge is -2.35. The fraction of sp³-hybridized carbons (Fsp3) is 0.0909. The van der Waals surface area contributed by atoms with E-state index in [2.05, 4.69) is 111 Å². The molecule has 2 aliphatic rings. The van der Waals surface area contributed by atoms with E-state index in [4.69, 9.17) is 15.0 Å². The Kier molecular flexibility index (Phi) is 6.82. The summed E-state index contributed by atoms with van der Waals surface area (Å²) in [6.45, 7) is 4.54. The van der Waals surface area contributed by atoms with Crippen molar-refractivity contribution in [3.8, 4) is 51.4 Å². The zero-order valence-electron chi connectivity index (χ0n) is 27.1. The van der Waals surface area contributed by atoms with Crippen molar-refractivity contribution in [1.82, 2.24) is 15.0 Å². The van der Waals surface area contributed by atoms with Crippen molar-refractivity contribution in [2.75, 3.05) is 0 Å². The topological polar surface area (TPSA) is 62.5 Å². The number of allylic oxidation sites excluding steroid dienone is 1. The standard InChI is InChI=1S/C44H30N4S/c1-44(2)36-20-14-27(26-45)22-39(36)49-38-21-19-32(25-37(38)44)28-15-17-31(18-16-28)42-46-41(30-8-4-3-5-9-30)47-43(48-42)35-23-33-12-6-10-29-11-7-13-34(24-35)40(29)33/h3-10,12-25H,11H2,1-2H3. The Hall–Kier alpha value is -5.83. The van der Waals surface area contributed by atoms with E-state index in [0.717, 1.165) is 39.1 Å². The SMILES string of the molecule is CC1(C)c2ccc(C#N)cc2Sc2ccc(-c3ccc(-c4nc(-c5ccccc5)nc(-c5cc6c7c(cccc7c5)CC=C6)n4)cc3)cc21. The van der Waals surface area contributed by atoms with Gasteiger partial charge in [0.05, 0.1) is 11.6 Å². The molecule has 0 bridgehead atoms. The predicted octanol–water partition coefficient (Wildman–Crippen LogP) is 10.9. The van der Waals surface area contributed by atoms with Gasteiger partial charge in [0.2, 0.25) is 0 Å². The number of rotatable bonds is 4. The summed E-state index contributed by atoms with van der Waals surface area (Å²) in [6, 6.07) is 44.6. The maximum Gasteiger partial charge on any atom is 0.164 e. The van der Waals surface area contributed by atoms with Crippen molar-refractivity contribution < 1.29 is 0 Å². The first-order valence-corrected chi connectivity index (χ1v) is 17.3. The normalized spacial score (nSPS) is 13.8. The van der Waals surface area contributed by atoms with Crippen LogP contribution >= 0.6 is 11.8 Å². The molecule has 0 amide bonds. The lowest BCUT2D eigenvalue weighted by atomic mass is 9.76. The molecule has 4 nitrogen and oxygen atoms in total. The molecule has 0 N–H and O–H groups in total. The zero-order valence-corrected chi connectivity index (χ0v) is 27.9. The summed E-state index contributed by atoms with van der Waals surface area (Å²) in [5.41, 5.74) is 10.8. The summed E-state index contributed by atoms with van der Waals surface area (Å²) >= 11 is 1.75. The molecule has 5 heteroatoms. The van der Waals surface area contributed by atoms with Gasteiger partial charge < -0.3 is 0 Å². The Balaban J connectivity index is 1.10. The monoisotopic (exact) mass is 646 g/mol. The van der Waals surface area contributed by atoms with Crippen LogP contribution in [0.2, 0.25) is 0 Å². The second kappa shape index (κ2) is 11.4. The van der Waals surface area contributed by atoms with Crippen molar-refractivity contribution in [3.05, 3.63) is 155 Å². The van der Waals surface area contributed by atoms with Crippen LogP contribution < -0.4 is 0 Å². The van der Waals surface area contributed by atoms with E-state index in [1.807, 2.05) is 42.5 Å². The molecule has 1 aliphatic heterocycles. The zero-order chi connectivity index (χ0) is 33.1. The lowest BCUT2D eigenvalue weighted by molar-refractivity contribution is 0.607. The van der Waals surface area contributed by atoms with Gasteiger partial charge in [-0.05, 0) is 87.0 Å². The van der Waals surface area contributed by atoms with E-state index in [1.54, 1.807) is 11.8 Å². The molecule has 7 aromatic rings. The van der Waals surface area contributed by atoms with E-state index in [0.29, 0.717) is 23.0 Å². The highest BCUT2D eigenvalue weighted by molar-refractivity contribution is 7.99. The minimum Gasteiger partial charge on any atom is -0.208 e. The Morgan fingerprint density at radius 3 is 2.10 bits per heavy atom. The average Bonchev–Trinajstić information content (AvgIpc) is 3.15. The summed E-state index contributed by atoms with van der Waals surface area (Å²) in [4.78, 5) is 17.4. The fourth-order valence-electron chi connectivity index (χ4n) is 7.19. The van der Waals surface area contributed by atoms with Gasteiger partial charge in [-0.1, -0.05) is 123 Å². The van der Waals surface area contributed by atoms with Crippen LogP contribution in [0, 0.1) is 11.3 Å². The molecule has 1 aliphatic carbocycles. The van der Waals surface area contributed by atoms with Crippen molar-refractivity contribution in [2.45, 2.75) is 35.5 Å². The van der Waals surface area contributed by atoms with Gasteiger partial charge in [-0.25, -0.2) is 15.0 Å². The van der Waals surface area contributed by atoms with Crippen molar-refractivity contribution >= 4 is 28.6 Å². The number of aromatic nitrogens is 3. The van der Waals surface area contributed by atoms with Crippen LogP contribution in [0.25, 0.3) is 62.1 Å². The third kappa shape index (κ3) is 5.04. The van der Waals surface area contributed by atoms with Gasteiger partial charge in [-0.2, -0.15) is 5.26 Å².